The molecule has 0 bridgehead atoms. The fourth-order valence-electron chi connectivity index (χ4n) is 3.94. The largest absolute Gasteiger partial charge is 0.339 e. The first kappa shape index (κ1) is 20.7. The van der Waals surface area contributed by atoms with E-state index in [4.69, 9.17) is 0 Å². The number of H-pyrrole nitrogens is 1. The smallest absolute Gasteiger partial charge is 0.259 e. The lowest BCUT2D eigenvalue weighted by Gasteiger charge is -2.25. The molecule has 0 spiro atoms. The van der Waals surface area contributed by atoms with Crippen molar-refractivity contribution in [1.82, 2.24) is 14.9 Å². The summed E-state index contributed by atoms with van der Waals surface area (Å²) in [6, 6.07) is 3.23. The first-order valence-electron chi connectivity index (χ1n) is 10.1. The van der Waals surface area contributed by atoms with Gasteiger partial charge in [0.25, 0.3) is 5.56 Å². The fourth-order valence-corrected chi connectivity index (χ4v) is 5.22. The highest BCUT2D eigenvalue weighted by atomic mass is 32.1. The second-order valence-electron chi connectivity index (χ2n) is 7.76. The molecule has 1 aromatic carbocycles. The quantitative estimate of drug-likeness (QED) is 0.655. The molecule has 1 unspecified atom stereocenters. The third-order valence-corrected chi connectivity index (χ3v) is 7.04. The van der Waals surface area contributed by atoms with Crippen LogP contribution in [0, 0.1) is 11.6 Å². The van der Waals surface area contributed by atoms with E-state index in [2.05, 4.69) is 9.97 Å². The Labute approximate surface area is 176 Å². The molecule has 0 aliphatic heterocycles. The van der Waals surface area contributed by atoms with Crippen LogP contribution in [0.4, 0.5) is 8.78 Å². The van der Waals surface area contributed by atoms with Crippen molar-refractivity contribution >= 4 is 27.5 Å². The van der Waals surface area contributed by atoms with Gasteiger partial charge in [-0.15, -0.1) is 11.3 Å². The number of carbonyl (C=O) groups excluding carboxylic acids is 1. The number of aryl methyl sites for hydroxylation is 3. The molecule has 5 nitrogen and oxygen atoms in total. The number of carbonyl (C=O) groups is 1. The number of rotatable bonds is 5. The maximum Gasteiger partial charge on any atom is 0.259 e. The number of benzene rings is 1. The van der Waals surface area contributed by atoms with Gasteiger partial charge in [-0.3, -0.25) is 9.59 Å². The average Bonchev–Trinajstić information content (AvgIpc) is 3.11. The number of amides is 1. The van der Waals surface area contributed by atoms with Crippen molar-refractivity contribution in [3.05, 3.63) is 62.0 Å². The summed E-state index contributed by atoms with van der Waals surface area (Å²) < 4.78 is 26.7. The highest BCUT2D eigenvalue weighted by molar-refractivity contribution is 7.18. The summed E-state index contributed by atoms with van der Waals surface area (Å²) >= 11 is 1.58. The van der Waals surface area contributed by atoms with Crippen molar-refractivity contribution in [2.45, 2.75) is 51.5 Å². The number of nitrogens with zero attached hydrogens (tertiary/aromatic N) is 2. The SMILES string of the molecule is CC(c1ccc(F)c(F)c1)N(C)C(=O)CCc1nc2sc3c(c2c(=O)[nH]1)CCCC3. The van der Waals surface area contributed by atoms with Crippen LogP contribution in [0.2, 0.25) is 0 Å². The number of aromatic nitrogens is 2. The molecule has 0 fully saturated rings. The molecule has 158 valence electrons. The Balaban J connectivity index is 1.47. The summed E-state index contributed by atoms with van der Waals surface area (Å²) in [6.07, 6.45) is 4.62. The van der Waals surface area contributed by atoms with Gasteiger partial charge in [0.15, 0.2) is 11.6 Å². The number of thiophene rings is 1. The molecule has 30 heavy (non-hydrogen) atoms. The number of hydrogen-bond acceptors (Lipinski definition) is 4. The van der Waals surface area contributed by atoms with E-state index in [-0.39, 0.29) is 17.9 Å². The molecule has 3 aromatic rings. The fraction of sp³-hybridized carbons (Fsp3) is 0.409. The van der Waals surface area contributed by atoms with Gasteiger partial charge in [-0.2, -0.15) is 0 Å². The van der Waals surface area contributed by atoms with E-state index >= 15 is 0 Å². The molecule has 1 aliphatic carbocycles. The number of hydrogen-bond donors (Lipinski definition) is 1. The van der Waals surface area contributed by atoms with Crippen LogP contribution < -0.4 is 5.56 Å². The molecular weight excluding hydrogens is 408 g/mol. The second kappa shape index (κ2) is 8.26. The van der Waals surface area contributed by atoms with Crippen LogP contribution in [0.5, 0.6) is 0 Å². The molecule has 4 rings (SSSR count). The number of nitrogens with one attached hydrogen (secondary N) is 1. The summed E-state index contributed by atoms with van der Waals surface area (Å²) in [5.41, 5.74) is 1.52. The minimum absolute atomic E-state index is 0.134. The molecule has 0 radical (unpaired) electrons. The van der Waals surface area contributed by atoms with Crippen molar-refractivity contribution in [2.24, 2.45) is 0 Å². The predicted molar refractivity (Wildman–Crippen MR) is 113 cm³/mol. The monoisotopic (exact) mass is 431 g/mol. The molecule has 0 saturated carbocycles. The highest BCUT2D eigenvalue weighted by Gasteiger charge is 2.21. The maximum atomic E-state index is 13.5. The Morgan fingerprint density at radius 2 is 2.03 bits per heavy atom. The molecule has 2 aromatic heterocycles. The number of aromatic amines is 1. The first-order chi connectivity index (χ1) is 14.3. The molecule has 1 atom stereocenters. The zero-order valence-corrected chi connectivity index (χ0v) is 17.7. The van der Waals surface area contributed by atoms with E-state index in [9.17, 15) is 18.4 Å². The van der Waals surface area contributed by atoms with E-state index < -0.39 is 17.7 Å². The van der Waals surface area contributed by atoms with Crippen LogP contribution in [-0.4, -0.2) is 27.8 Å². The normalized spacial score (nSPS) is 14.5. The van der Waals surface area contributed by atoms with Crippen LogP contribution in [0.1, 0.15) is 54.1 Å². The van der Waals surface area contributed by atoms with Gasteiger partial charge >= 0.3 is 0 Å². The summed E-state index contributed by atoms with van der Waals surface area (Å²) in [5.74, 6) is -1.52. The lowest BCUT2D eigenvalue weighted by molar-refractivity contribution is -0.131. The van der Waals surface area contributed by atoms with Crippen molar-refractivity contribution < 1.29 is 13.6 Å². The van der Waals surface area contributed by atoms with Gasteiger partial charge in [0, 0.05) is 24.8 Å². The van der Waals surface area contributed by atoms with Gasteiger partial charge in [0.05, 0.1) is 11.4 Å². The van der Waals surface area contributed by atoms with Crippen molar-refractivity contribution in [1.29, 1.82) is 0 Å². The summed E-state index contributed by atoms with van der Waals surface area (Å²) in [4.78, 5) is 36.2. The topological polar surface area (TPSA) is 66.1 Å². The average molecular weight is 432 g/mol. The number of fused-ring (bicyclic) bond motifs is 3. The molecule has 1 aliphatic rings. The van der Waals surface area contributed by atoms with Crippen molar-refractivity contribution in [2.75, 3.05) is 7.05 Å². The first-order valence-corrected chi connectivity index (χ1v) is 10.9. The molecule has 0 saturated heterocycles. The van der Waals surface area contributed by atoms with E-state index in [1.54, 1.807) is 25.3 Å². The number of halogens is 2. The maximum absolute atomic E-state index is 13.5. The van der Waals surface area contributed by atoms with Crippen LogP contribution in [0.15, 0.2) is 23.0 Å². The predicted octanol–water partition coefficient (Wildman–Crippen LogP) is 4.29. The van der Waals surface area contributed by atoms with Gasteiger partial charge in [-0.1, -0.05) is 6.07 Å². The summed E-state index contributed by atoms with van der Waals surface area (Å²) in [7, 11) is 1.63. The third-order valence-electron chi connectivity index (χ3n) is 5.85. The Hall–Kier alpha value is -2.61. The molecule has 1 amide bonds. The van der Waals surface area contributed by atoms with Crippen LogP contribution in [-0.2, 0) is 24.1 Å². The van der Waals surface area contributed by atoms with E-state index in [1.165, 1.54) is 15.8 Å². The second-order valence-corrected chi connectivity index (χ2v) is 8.84. The third kappa shape index (κ3) is 3.88. The van der Waals surface area contributed by atoms with Gasteiger partial charge in [0.2, 0.25) is 5.91 Å². The van der Waals surface area contributed by atoms with E-state index in [0.29, 0.717) is 23.2 Å². The van der Waals surface area contributed by atoms with E-state index in [1.807, 2.05) is 0 Å². The molecular formula is C22H23F2N3O2S. The zero-order chi connectivity index (χ0) is 21.4. The Kier molecular flexibility index (Phi) is 5.69. The highest BCUT2D eigenvalue weighted by Crippen LogP contribution is 2.33. The Morgan fingerprint density at radius 3 is 2.80 bits per heavy atom. The Morgan fingerprint density at radius 1 is 1.27 bits per heavy atom. The van der Waals surface area contributed by atoms with Gasteiger partial charge < -0.3 is 9.88 Å². The van der Waals surface area contributed by atoms with Crippen LogP contribution in [0.25, 0.3) is 10.2 Å². The Bertz CT molecular complexity index is 1170. The van der Waals surface area contributed by atoms with Crippen molar-refractivity contribution in [3.8, 4) is 0 Å². The van der Waals surface area contributed by atoms with E-state index in [0.717, 1.165) is 48.2 Å². The van der Waals surface area contributed by atoms with Crippen LogP contribution >= 0.6 is 11.3 Å². The summed E-state index contributed by atoms with van der Waals surface area (Å²) in [6.45, 7) is 1.76. The van der Waals surface area contributed by atoms with Gasteiger partial charge in [-0.05, 0) is 55.9 Å². The standard InChI is InChI=1S/C22H23F2N3O2S/c1-12(13-7-8-15(23)16(24)11-13)27(2)19(28)10-9-18-25-21(29)20-14-5-3-4-6-17(14)30-22(20)26-18/h7-8,11-12H,3-6,9-10H2,1-2H3,(H,25,26,29). The minimum Gasteiger partial charge on any atom is -0.339 e. The van der Waals surface area contributed by atoms with Gasteiger partial charge in [-0.25, -0.2) is 13.8 Å². The minimum atomic E-state index is -0.936. The molecule has 2 heterocycles. The van der Waals surface area contributed by atoms with Crippen LogP contribution in [0.3, 0.4) is 0 Å². The molecule has 1 N–H and O–H groups in total. The van der Waals surface area contributed by atoms with Crippen molar-refractivity contribution in [3.63, 3.8) is 0 Å². The zero-order valence-electron chi connectivity index (χ0n) is 16.9. The summed E-state index contributed by atoms with van der Waals surface area (Å²) in [5, 5.41) is 0.703. The molecule has 8 heteroatoms. The van der Waals surface area contributed by atoms with Gasteiger partial charge in [0.1, 0.15) is 10.7 Å². The lowest BCUT2D eigenvalue weighted by Crippen LogP contribution is -2.30. The lowest BCUT2D eigenvalue weighted by atomic mass is 9.97.